The second-order valence-electron chi connectivity index (χ2n) is 11.3. The number of hydrogen-bond donors (Lipinski definition) is 8. The van der Waals surface area contributed by atoms with Crippen LogP contribution in [0.3, 0.4) is 0 Å². The summed E-state index contributed by atoms with van der Waals surface area (Å²) in [6.07, 6.45) is -2.61. The Morgan fingerprint density at radius 1 is 1.07 bits per heavy atom. The minimum atomic E-state index is -3.01. The summed E-state index contributed by atoms with van der Waals surface area (Å²) in [5.74, 6) is -10.1. The van der Waals surface area contributed by atoms with E-state index < -0.39 is 87.5 Å². The third kappa shape index (κ3) is 4.46. The average Bonchev–Trinajstić information content (AvgIpc) is 2.97. The van der Waals surface area contributed by atoms with Crippen molar-refractivity contribution in [3.8, 4) is 5.75 Å². The van der Waals surface area contributed by atoms with Crippen LogP contribution in [0.5, 0.6) is 5.75 Å². The van der Waals surface area contributed by atoms with Gasteiger partial charge < -0.3 is 36.0 Å². The standard InChI is InChI=1S/C30H32N4O10/c1-12-16-14(32-33-29(42)44-11-13-7-5-4-6-8-13)9-10-15(35)18(16)23(36)19-17(12)24(37)21-22(34(2)3)25(38)20(28(31)41)27(40)30(21,43)26(19)39/h4-10,12,17,21-22,24,32,35-37,40,43H,11H2,1-3H3,(H2,31,41)(H,33,42). The molecule has 6 unspecified atom stereocenters. The molecule has 44 heavy (non-hydrogen) atoms. The fourth-order valence-corrected chi connectivity index (χ4v) is 6.68. The topological polar surface area (TPSA) is 232 Å². The summed E-state index contributed by atoms with van der Waals surface area (Å²) in [7, 11) is 2.85. The van der Waals surface area contributed by atoms with Gasteiger partial charge in [0.1, 0.15) is 29.4 Å². The first-order chi connectivity index (χ1) is 20.7. The maximum atomic E-state index is 14.1. The molecule has 0 heterocycles. The molecule has 2 aromatic rings. The summed E-state index contributed by atoms with van der Waals surface area (Å²) in [5.41, 5.74) is 6.74. The molecule has 0 aliphatic heterocycles. The van der Waals surface area contributed by atoms with Crippen molar-refractivity contribution in [2.75, 3.05) is 19.5 Å². The number of aromatic hydroxyl groups is 1. The van der Waals surface area contributed by atoms with Gasteiger partial charge in [0.15, 0.2) is 11.4 Å². The van der Waals surface area contributed by atoms with Crippen LogP contribution >= 0.6 is 0 Å². The van der Waals surface area contributed by atoms with E-state index in [1.165, 1.54) is 31.1 Å². The van der Waals surface area contributed by atoms with Crippen LogP contribution in [0, 0.1) is 11.8 Å². The van der Waals surface area contributed by atoms with Gasteiger partial charge in [0.2, 0.25) is 5.78 Å². The zero-order valence-electron chi connectivity index (χ0n) is 23.9. The summed E-state index contributed by atoms with van der Waals surface area (Å²) in [6.45, 7) is 1.56. The highest BCUT2D eigenvalue weighted by Gasteiger charge is 2.68. The molecule has 9 N–H and O–H groups in total. The number of Topliss-reactive ketones (excluding diaryl/α,β-unsaturated/α-hetero) is 2. The van der Waals surface area contributed by atoms with Crippen LogP contribution in [0.15, 0.2) is 59.4 Å². The molecule has 1 saturated carbocycles. The number of nitrogens with zero attached hydrogens (tertiary/aromatic N) is 1. The maximum absolute atomic E-state index is 14.1. The number of fused-ring (bicyclic) bond motifs is 3. The highest BCUT2D eigenvalue weighted by Crippen LogP contribution is 2.57. The van der Waals surface area contributed by atoms with Gasteiger partial charge in [-0.25, -0.2) is 10.2 Å². The fraction of sp³-hybridized carbons (Fsp3) is 0.333. The van der Waals surface area contributed by atoms with E-state index in [1.807, 2.05) is 6.07 Å². The molecule has 3 aliphatic carbocycles. The molecule has 14 nitrogen and oxygen atoms in total. The smallest absolute Gasteiger partial charge is 0.426 e. The molecule has 3 aliphatic rings. The lowest BCUT2D eigenvalue weighted by atomic mass is 9.54. The van der Waals surface area contributed by atoms with Crippen molar-refractivity contribution in [2.24, 2.45) is 17.6 Å². The zero-order chi connectivity index (χ0) is 32.2. The largest absolute Gasteiger partial charge is 0.508 e. The Labute approximate surface area is 251 Å². The van der Waals surface area contributed by atoms with E-state index in [9.17, 15) is 44.7 Å². The molecule has 0 saturated heterocycles. The number of hydrogen-bond acceptors (Lipinski definition) is 12. The molecule has 5 rings (SSSR count). The summed E-state index contributed by atoms with van der Waals surface area (Å²) < 4.78 is 5.20. The molecule has 6 atom stereocenters. The van der Waals surface area contributed by atoms with Gasteiger partial charge in [-0.1, -0.05) is 37.3 Å². The van der Waals surface area contributed by atoms with E-state index in [2.05, 4.69) is 10.9 Å². The first-order valence-electron chi connectivity index (χ1n) is 13.6. The molecule has 0 spiro atoms. The first-order valence-corrected chi connectivity index (χ1v) is 13.6. The van der Waals surface area contributed by atoms with Gasteiger partial charge in [0.25, 0.3) is 5.91 Å². The third-order valence-electron chi connectivity index (χ3n) is 8.62. The number of nitrogens with one attached hydrogen (secondary N) is 2. The first kappa shape index (κ1) is 30.5. The van der Waals surface area contributed by atoms with Gasteiger partial charge >= 0.3 is 6.09 Å². The molecule has 0 bridgehead atoms. The third-order valence-corrected chi connectivity index (χ3v) is 8.62. The number of likely N-dealkylation sites (N-methyl/N-ethyl adjacent to an activating group) is 1. The highest BCUT2D eigenvalue weighted by atomic mass is 16.6. The maximum Gasteiger partial charge on any atom is 0.426 e. The van der Waals surface area contributed by atoms with Crippen molar-refractivity contribution in [1.82, 2.24) is 10.3 Å². The fourth-order valence-electron chi connectivity index (χ4n) is 6.68. The zero-order valence-corrected chi connectivity index (χ0v) is 23.9. The monoisotopic (exact) mass is 608 g/mol. The number of phenolic OH excluding ortho intramolecular Hbond substituents is 1. The van der Waals surface area contributed by atoms with Crippen molar-refractivity contribution in [1.29, 1.82) is 0 Å². The number of carbonyl (C=O) groups excluding carboxylic acids is 4. The summed E-state index contributed by atoms with van der Waals surface area (Å²) in [5, 5.41) is 56.7. The van der Waals surface area contributed by atoms with Crippen molar-refractivity contribution in [3.63, 3.8) is 0 Å². The number of nitrogens with two attached hydrogens (primary N) is 1. The van der Waals surface area contributed by atoms with Crippen LogP contribution in [-0.2, 0) is 25.7 Å². The van der Waals surface area contributed by atoms with Crippen molar-refractivity contribution in [2.45, 2.75) is 37.2 Å². The van der Waals surface area contributed by atoms with Crippen molar-refractivity contribution in [3.05, 3.63) is 76.1 Å². The van der Waals surface area contributed by atoms with Gasteiger partial charge in [-0.05, 0) is 43.3 Å². The number of phenols is 1. The Morgan fingerprint density at radius 2 is 1.73 bits per heavy atom. The highest BCUT2D eigenvalue weighted by molar-refractivity contribution is 6.24. The number of ether oxygens (including phenoxy) is 1. The Hall–Kier alpha value is -4.92. The lowest BCUT2D eigenvalue weighted by Gasteiger charge is -2.53. The van der Waals surface area contributed by atoms with Crippen molar-refractivity contribution >= 4 is 35.0 Å². The minimum Gasteiger partial charge on any atom is -0.508 e. The predicted octanol–water partition coefficient (Wildman–Crippen LogP) is 0.749. The Kier molecular flexibility index (Phi) is 7.61. The van der Waals surface area contributed by atoms with Crippen LogP contribution in [-0.4, -0.2) is 85.8 Å². The van der Waals surface area contributed by atoms with Crippen LogP contribution in [0.4, 0.5) is 10.5 Å². The van der Waals surface area contributed by atoms with E-state index in [1.54, 1.807) is 31.2 Å². The summed E-state index contributed by atoms with van der Waals surface area (Å²) >= 11 is 0. The van der Waals surface area contributed by atoms with E-state index in [0.29, 0.717) is 0 Å². The number of carbonyl (C=O) groups is 4. The number of anilines is 1. The normalized spacial score (nSPS) is 27.8. The van der Waals surface area contributed by atoms with Gasteiger partial charge in [-0.2, -0.15) is 0 Å². The molecular weight excluding hydrogens is 576 g/mol. The predicted molar refractivity (Wildman–Crippen MR) is 154 cm³/mol. The van der Waals surface area contributed by atoms with Gasteiger partial charge in [0, 0.05) is 11.5 Å². The Morgan fingerprint density at radius 3 is 2.34 bits per heavy atom. The number of rotatable bonds is 6. The number of primary amides is 1. The second kappa shape index (κ2) is 11.0. The number of ketones is 2. The number of benzene rings is 2. The van der Waals surface area contributed by atoms with E-state index in [0.717, 1.165) is 5.56 Å². The van der Waals surface area contributed by atoms with E-state index in [-0.39, 0.29) is 23.4 Å². The van der Waals surface area contributed by atoms with Gasteiger partial charge in [0.05, 0.1) is 29.3 Å². The molecule has 2 amide bonds. The molecular formula is C30H32N4O10. The van der Waals surface area contributed by atoms with Crippen LogP contribution < -0.4 is 16.6 Å². The number of hydrazine groups is 1. The second-order valence-corrected chi connectivity index (χ2v) is 11.3. The summed E-state index contributed by atoms with van der Waals surface area (Å²) in [6, 6.07) is 10.0. The molecule has 0 aromatic heterocycles. The quantitative estimate of drug-likeness (QED) is 0.129. The molecule has 14 heteroatoms. The van der Waals surface area contributed by atoms with E-state index >= 15 is 0 Å². The molecule has 232 valence electrons. The minimum absolute atomic E-state index is 0.0173. The Balaban J connectivity index is 1.57. The number of aliphatic hydroxyl groups is 4. The number of amides is 2. The Bertz CT molecular complexity index is 1640. The van der Waals surface area contributed by atoms with E-state index in [4.69, 9.17) is 10.5 Å². The SMILES string of the molecule is CC1c2c(NNC(=O)OCc3ccccc3)ccc(O)c2C(O)=C2C(=O)C3(O)C(O)=C(C(N)=O)C(=O)C(N(C)C)C3C(O)C21. The molecule has 2 aromatic carbocycles. The van der Waals surface area contributed by atoms with Crippen LogP contribution in [0.1, 0.15) is 29.5 Å². The van der Waals surface area contributed by atoms with Gasteiger partial charge in [-0.15, -0.1) is 0 Å². The van der Waals surface area contributed by atoms with Crippen molar-refractivity contribution < 1.29 is 49.4 Å². The lowest BCUT2D eigenvalue weighted by Crippen LogP contribution is -2.70. The summed E-state index contributed by atoms with van der Waals surface area (Å²) in [4.78, 5) is 53.2. The van der Waals surface area contributed by atoms with Crippen LogP contribution in [0.25, 0.3) is 5.76 Å². The molecule has 1 fully saturated rings. The van der Waals surface area contributed by atoms with Gasteiger partial charge in [-0.3, -0.25) is 24.7 Å². The molecule has 0 radical (unpaired) electrons. The lowest BCUT2D eigenvalue weighted by molar-refractivity contribution is -0.169. The number of aliphatic hydroxyl groups excluding tert-OH is 3. The van der Waals surface area contributed by atoms with Crippen LogP contribution in [0.2, 0.25) is 0 Å². The average molecular weight is 609 g/mol.